The molecule has 6 nitrogen and oxygen atoms in total. The molecule has 1 aromatic heterocycles. The molecule has 1 amide bonds. The maximum absolute atomic E-state index is 14.7. The SMILES string of the molecule is CCCCCOc1ccc(N(C(=O)C(=O)OC)c2nc(-c3ccc(F)cc3)cs2)cc1F. The highest BCUT2D eigenvalue weighted by Gasteiger charge is 2.29. The molecule has 0 N–H and O–H groups in total. The molecule has 168 valence electrons. The number of carbonyl (C=O) groups is 2. The van der Waals surface area contributed by atoms with Gasteiger partial charge in [0.15, 0.2) is 16.7 Å². The molecule has 3 rings (SSSR count). The molecule has 9 heteroatoms. The van der Waals surface area contributed by atoms with Crippen molar-refractivity contribution in [2.75, 3.05) is 18.6 Å². The number of hydrogen-bond acceptors (Lipinski definition) is 6. The Balaban J connectivity index is 1.92. The van der Waals surface area contributed by atoms with Crippen LogP contribution in [-0.2, 0) is 14.3 Å². The second kappa shape index (κ2) is 10.8. The lowest BCUT2D eigenvalue weighted by Crippen LogP contribution is -2.33. The molecular formula is C23H22F2N2O4S. The molecule has 0 fully saturated rings. The zero-order valence-electron chi connectivity index (χ0n) is 17.6. The molecule has 0 radical (unpaired) electrons. The summed E-state index contributed by atoms with van der Waals surface area (Å²) in [6, 6.07) is 9.66. The first kappa shape index (κ1) is 23.3. The van der Waals surface area contributed by atoms with Gasteiger partial charge in [-0.3, -0.25) is 4.79 Å². The number of benzene rings is 2. The van der Waals surface area contributed by atoms with E-state index >= 15 is 0 Å². The van der Waals surface area contributed by atoms with Crippen LogP contribution in [0.25, 0.3) is 11.3 Å². The number of esters is 1. The van der Waals surface area contributed by atoms with E-state index < -0.39 is 17.7 Å². The molecule has 3 aromatic rings. The maximum Gasteiger partial charge on any atom is 0.397 e. The number of methoxy groups -OCH3 is 1. The third-order valence-electron chi connectivity index (χ3n) is 4.57. The van der Waals surface area contributed by atoms with E-state index in [1.54, 1.807) is 17.5 Å². The second-order valence-corrected chi connectivity index (χ2v) is 7.66. The van der Waals surface area contributed by atoms with Gasteiger partial charge in [-0.1, -0.05) is 19.8 Å². The van der Waals surface area contributed by atoms with Crippen molar-refractivity contribution >= 4 is 34.0 Å². The van der Waals surface area contributed by atoms with Gasteiger partial charge in [0.05, 0.1) is 25.1 Å². The number of thiazole rings is 1. The fourth-order valence-corrected chi connectivity index (χ4v) is 3.74. The topological polar surface area (TPSA) is 68.7 Å². The smallest absolute Gasteiger partial charge is 0.397 e. The summed E-state index contributed by atoms with van der Waals surface area (Å²) in [4.78, 5) is 30.1. The molecule has 0 spiro atoms. The molecular weight excluding hydrogens is 438 g/mol. The minimum Gasteiger partial charge on any atom is -0.491 e. The van der Waals surface area contributed by atoms with Gasteiger partial charge >= 0.3 is 11.9 Å². The average molecular weight is 461 g/mol. The number of carbonyl (C=O) groups excluding carboxylic acids is 2. The van der Waals surface area contributed by atoms with Crippen LogP contribution in [-0.4, -0.2) is 30.6 Å². The molecule has 1 heterocycles. The molecule has 0 unspecified atom stereocenters. The Morgan fingerprint density at radius 2 is 1.84 bits per heavy atom. The predicted octanol–water partition coefficient (Wildman–Crippen LogP) is 5.50. The Morgan fingerprint density at radius 1 is 1.09 bits per heavy atom. The van der Waals surface area contributed by atoms with Gasteiger partial charge in [-0.15, -0.1) is 11.3 Å². The molecule has 2 aromatic carbocycles. The fourth-order valence-electron chi connectivity index (χ4n) is 2.89. The molecule has 32 heavy (non-hydrogen) atoms. The van der Waals surface area contributed by atoms with E-state index in [0.717, 1.165) is 48.7 Å². The summed E-state index contributed by atoms with van der Waals surface area (Å²) < 4.78 is 37.9. The van der Waals surface area contributed by atoms with Crippen LogP contribution in [0.3, 0.4) is 0 Å². The van der Waals surface area contributed by atoms with Gasteiger partial charge in [0.25, 0.3) is 0 Å². The summed E-state index contributed by atoms with van der Waals surface area (Å²) in [5.74, 6) is -3.15. The van der Waals surface area contributed by atoms with Crippen LogP contribution in [0.5, 0.6) is 5.75 Å². The minimum atomic E-state index is -1.12. The highest BCUT2D eigenvalue weighted by molar-refractivity contribution is 7.14. The van der Waals surface area contributed by atoms with Crippen LogP contribution in [0.4, 0.5) is 19.6 Å². The first-order chi connectivity index (χ1) is 15.4. The number of anilines is 2. The van der Waals surface area contributed by atoms with Gasteiger partial charge in [0.1, 0.15) is 5.82 Å². The van der Waals surface area contributed by atoms with E-state index in [2.05, 4.69) is 16.6 Å². The first-order valence-corrected chi connectivity index (χ1v) is 10.9. The molecule has 0 saturated heterocycles. The molecule has 0 atom stereocenters. The van der Waals surface area contributed by atoms with E-state index in [0.29, 0.717) is 17.9 Å². The minimum absolute atomic E-state index is 0.0569. The third-order valence-corrected chi connectivity index (χ3v) is 5.39. The number of nitrogens with zero attached hydrogens (tertiary/aromatic N) is 2. The number of ether oxygens (including phenoxy) is 2. The van der Waals surface area contributed by atoms with Crippen molar-refractivity contribution in [3.05, 3.63) is 59.5 Å². The van der Waals surface area contributed by atoms with E-state index in [-0.39, 0.29) is 22.4 Å². The van der Waals surface area contributed by atoms with Crippen molar-refractivity contribution in [3.63, 3.8) is 0 Å². The van der Waals surface area contributed by atoms with Crippen molar-refractivity contribution < 1.29 is 27.8 Å². The van der Waals surface area contributed by atoms with E-state index in [1.165, 1.54) is 24.3 Å². The van der Waals surface area contributed by atoms with Crippen LogP contribution in [0.2, 0.25) is 0 Å². The zero-order valence-corrected chi connectivity index (χ0v) is 18.5. The Morgan fingerprint density at radius 3 is 2.50 bits per heavy atom. The number of halogens is 2. The van der Waals surface area contributed by atoms with Crippen molar-refractivity contribution in [1.82, 2.24) is 4.98 Å². The summed E-state index contributed by atoms with van der Waals surface area (Å²) in [7, 11) is 1.08. The van der Waals surface area contributed by atoms with Gasteiger partial charge in [-0.2, -0.15) is 0 Å². The summed E-state index contributed by atoms with van der Waals surface area (Å²) in [6.45, 7) is 2.44. The Labute approximate surface area is 188 Å². The van der Waals surface area contributed by atoms with E-state index in [4.69, 9.17) is 4.74 Å². The molecule has 0 aliphatic heterocycles. The molecule has 0 saturated carbocycles. The Bertz CT molecular complexity index is 1090. The van der Waals surface area contributed by atoms with Crippen molar-refractivity contribution in [1.29, 1.82) is 0 Å². The summed E-state index contributed by atoms with van der Waals surface area (Å²) in [6.07, 6.45) is 2.79. The monoisotopic (exact) mass is 460 g/mol. The van der Waals surface area contributed by atoms with Crippen molar-refractivity contribution in [3.8, 4) is 17.0 Å². The number of aromatic nitrogens is 1. The number of rotatable bonds is 8. The lowest BCUT2D eigenvalue weighted by molar-refractivity contribution is -0.151. The standard InChI is InChI=1S/C23H22F2N2O4S/c1-3-4-5-12-31-20-11-10-17(13-18(20)25)27(21(28)22(29)30-2)23-26-19(14-32-23)15-6-8-16(24)9-7-15/h6-11,13-14H,3-5,12H2,1-2H3. The van der Waals surface area contributed by atoms with E-state index in [1.807, 2.05) is 0 Å². The number of amides is 1. The van der Waals surface area contributed by atoms with Gasteiger partial charge < -0.3 is 9.47 Å². The first-order valence-electron chi connectivity index (χ1n) is 10.0. The van der Waals surface area contributed by atoms with Gasteiger partial charge in [-0.05, 0) is 42.8 Å². The number of hydrogen-bond donors (Lipinski definition) is 0. The van der Waals surface area contributed by atoms with Crippen molar-refractivity contribution in [2.24, 2.45) is 0 Å². The fraction of sp³-hybridized carbons (Fsp3) is 0.261. The van der Waals surface area contributed by atoms with Gasteiger partial charge in [0.2, 0.25) is 0 Å². The number of unbranched alkanes of at least 4 members (excludes halogenated alkanes) is 2. The quantitative estimate of drug-likeness (QED) is 0.252. The van der Waals surface area contributed by atoms with Crippen LogP contribution in [0.1, 0.15) is 26.2 Å². The molecule has 0 aliphatic carbocycles. The molecule has 0 aliphatic rings. The lowest BCUT2D eigenvalue weighted by Gasteiger charge is -2.19. The van der Waals surface area contributed by atoms with E-state index in [9.17, 15) is 18.4 Å². The van der Waals surface area contributed by atoms with Gasteiger partial charge in [-0.25, -0.2) is 23.5 Å². The third kappa shape index (κ3) is 5.47. The Hall–Kier alpha value is -3.33. The molecule has 0 bridgehead atoms. The highest BCUT2D eigenvalue weighted by atomic mass is 32.1. The summed E-state index contributed by atoms with van der Waals surface area (Å²) in [5.41, 5.74) is 1.20. The lowest BCUT2D eigenvalue weighted by atomic mass is 10.2. The second-order valence-electron chi connectivity index (χ2n) is 6.82. The highest BCUT2D eigenvalue weighted by Crippen LogP contribution is 2.34. The van der Waals surface area contributed by atoms with Crippen LogP contribution < -0.4 is 9.64 Å². The van der Waals surface area contributed by atoms with Crippen LogP contribution in [0.15, 0.2) is 47.8 Å². The Kier molecular flexibility index (Phi) is 7.88. The summed E-state index contributed by atoms with van der Waals surface area (Å²) in [5, 5.41) is 1.79. The van der Waals surface area contributed by atoms with Crippen LogP contribution >= 0.6 is 11.3 Å². The summed E-state index contributed by atoms with van der Waals surface area (Å²) >= 11 is 1.08. The van der Waals surface area contributed by atoms with Crippen molar-refractivity contribution in [2.45, 2.75) is 26.2 Å². The normalized spacial score (nSPS) is 10.6. The van der Waals surface area contributed by atoms with Crippen LogP contribution in [0, 0.1) is 11.6 Å². The van der Waals surface area contributed by atoms with Gasteiger partial charge in [0, 0.05) is 17.0 Å². The zero-order chi connectivity index (χ0) is 23.1. The largest absolute Gasteiger partial charge is 0.491 e. The maximum atomic E-state index is 14.7. The average Bonchev–Trinajstić information content (AvgIpc) is 3.27. The predicted molar refractivity (Wildman–Crippen MR) is 118 cm³/mol.